The van der Waals surface area contributed by atoms with Crippen molar-refractivity contribution in [2.45, 2.75) is 0 Å². The summed E-state index contributed by atoms with van der Waals surface area (Å²) in [6, 6.07) is 3.01. The highest BCUT2D eigenvalue weighted by atomic mass is 79.9. The van der Waals surface area contributed by atoms with Gasteiger partial charge < -0.3 is 14.6 Å². The minimum absolute atomic E-state index is 0.0614. The van der Waals surface area contributed by atoms with E-state index in [0.29, 0.717) is 21.9 Å². The molecule has 2 rings (SSSR count). The van der Waals surface area contributed by atoms with Crippen LogP contribution in [-0.4, -0.2) is 55.4 Å². The number of hydrogen-bond acceptors (Lipinski definition) is 4. The molecule has 1 aromatic rings. The Morgan fingerprint density at radius 2 is 2.15 bits per heavy atom. The van der Waals surface area contributed by atoms with Crippen LogP contribution in [0.25, 0.3) is 0 Å². The number of aromatic carboxylic acids is 1. The molecular weight excluding hydrogens is 350 g/mol. The third-order valence-electron chi connectivity index (χ3n) is 3.00. The van der Waals surface area contributed by atoms with Crippen molar-refractivity contribution in [3.8, 4) is 5.75 Å². The molecule has 1 aliphatic rings. The largest absolute Gasteiger partial charge is 0.490 e. The van der Waals surface area contributed by atoms with Gasteiger partial charge in [-0.15, -0.1) is 0 Å². The Kier molecular flexibility index (Phi) is 5.65. The van der Waals surface area contributed by atoms with E-state index in [1.54, 1.807) is 6.07 Å². The van der Waals surface area contributed by atoms with Gasteiger partial charge in [-0.05, 0) is 28.1 Å². The van der Waals surface area contributed by atoms with Gasteiger partial charge in [0.1, 0.15) is 17.9 Å². The van der Waals surface area contributed by atoms with Gasteiger partial charge in [0.15, 0.2) is 0 Å². The second-order valence-corrected chi connectivity index (χ2v) is 5.66. The predicted molar refractivity (Wildman–Crippen MR) is 78.9 cm³/mol. The second-order valence-electron chi connectivity index (χ2n) is 4.37. The number of rotatable bonds is 5. The third-order valence-corrected chi connectivity index (χ3v) is 3.80. The Balaban J connectivity index is 1.99. The van der Waals surface area contributed by atoms with Gasteiger partial charge in [-0.25, -0.2) is 4.79 Å². The summed E-state index contributed by atoms with van der Waals surface area (Å²) >= 11 is 9.14. The van der Waals surface area contributed by atoms with Gasteiger partial charge in [0, 0.05) is 24.7 Å². The van der Waals surface area contributed by atoms with E-state index in [1.807, 2.05) is 0 Å². The Bertz CT molecular complexity index is 492. The van der Waals surface area contributed by atoms with E-state index in [1.165, 1.54) is 6.07 Å². The summed E-state index contributed by atoms with van der Waals surface area (Å²) in [5.41, 5.74) is 0.0614. The number of nitrogens with zero attached hydrogens (tertiary/aromatic N) is 1. The molecule has 110 valence electrons. The number of carboxylic acid groups (broad SMARTS) is 1. The van der Waals surface area contributed by atoms with Crippen LogP contribution in [0, 0.1) is 0 Å². The fraction of sp³-hybridized carbons (Fsp3) is 0.462. The van der Waals surface area contributed by atoms with Crippen molar-refractivity contribution in [2.75, 3.05) is 39.5 Å². The van der Waals surface area contributed by atoms with Gasteiger partial charge >= 0.3 is 5.97 Å². The standard InChI is InChI=1S/C13H15BrClNO4/c14-11-8-9(15)7-10(13(17)18)12(11)20-6-3-16-1-4-19-5-2-16/h7-8H,1-6H2,(H,17,18). The molecule has 1 aromatic carbocycles. The normalized spacial score (nSPS) is 16.1. The van der Waals surface area contributed by atoms with Gasteiger partial charge in [-0.1, -0.05) is 11.6 Å². The summed E-state index contributed by atoms with van der Waals surface area (Å²) < 4.78 is 11.4. The first kappa shape index (κ1) is 15.6. The highest BCUT2D eigenvalue weighted by Crippen LogP contribution is 2.32. The molecule has 0 atom stereocenters. The minimum atomic E-state index is -1.06. The summed E-state index contributed by atoms with van der Waals surface area (Å²) in [6.07, 6.45) is 0. The first-order valence-corrected chi connectivity index (χ1v) is 7.40. The molecule has 0 radical (unpaired) electrons. The van der Waals surface area contributed by atoms with Crippen molar-refractivity contribution < 1.29 is 19.4 Å². The van der Waals surface area contributed by atoms with Crippen molar-refractivity contribution in [3.63, 3.8) is 0 Å². The molecule has 1 heterocycles. The Hall–Kier alpha value is -0.820. The maximum atomic E-state index is 11.2. The van der Waals surface area contributed by atoms with Crippen molar-refractivity contribution >= 4 is 33.5 Å². The fourth-order valence-electron chi connectivity index (χ4n) is 1.97. The molecule has 1 fully saturated rings. The Morgan fingerprint density at radius 1 is 1.45 bits per heavy atom. The van der Waals surface area contributed by atoms with E-state index in [9.17, 15) is 9.90 Å². The number of carbonyl (C=O) groups is 1. The number of carboxylic acids is 1. The van der Waals surface area contributed by atoms with Crippen LogP contribution in [-0.2, 0) is 4.74 Å². The average Bonchev–Trinajstić information content (AvgIpc) is 2.41. The molecule has 0 saturated carbocycles. The Labute approximate surface area is 130 Å². The SMILES string of the molecule is O=C(O)c1cc(Cl)cc(Br)c1OCCN1CCOCC1. The number of benzene rings is 1. The molecule has 0 unspecified atom stereocenters. The monoisotopic (exact) mass is 363 g/mol. The summed E-state index contributed by atoms with van der Waals surface area (Å²) in [4.78, 5) is 13.4. The maximum Gasteiger partial charge on any atom is 0.339 e. The predicted octanol–water partition coefficient (Wildman–Crippen LogP) is 2.51. The molecule has 1 N–H and O–H groups in total. The fourth-order valence-corrected chi connectivity index (χ4v) is 2.89. The maximum absolute atomic E-state index is 11.2. The quantitative estimate of drug-likeness (QED) is 0.870. The lowest BCUT2D eigenvalue weighted by atomic mass is 10.2. The molecule has 0 aliphatic carbocycles. The van der Waals surface area contributed by atoms with Gasteiger partial charge in [0.2, 0.25) is 0 Å². The van der Waals surface area contributed by atoms with E-state index in [2.05, 4.69) is 20.8 Å². The number of morpholine rings is 1. The van der Waals surface area contributed by atoms with Crippen LogP contribution < -0.4 is 4.74 Å². The highest BCUT2D eigenvalue weighted by Gasteiger charge is 2.17. The zero-order valence-electron chi connectivity index (χ0n) is 10.8. The zero-order valence-corrected chi connectivity index (χ0v) is 13.1. The molecule has 20 heavy (non-hydrogen) atoms. The third kappa shape index (κ3) is 4.09. The molecule has 0 bridgehead atoms. The first-order valence-electron chi connectivity index (χ1n) is 6.23. The summed E-state index contributed by atoms with van der Waals surface area (Å²) in [5.74, 6) is -0.746. The molecule has 5 nitrogen and oxygen atoms in total. The molecule has 1 aliphatic heterocycles. The van der Waals surface area contributed by atoms with Gasteiger partial charge in [-0.3, -0.25) is 4.90 Å². The Morgan fingerprint density at radius 3 is 2.80 bits per heavy atom. The molecule has 0 aromatic heterocycles. The van der Waals surface area contributed by atoms with Crippen molar-refractivity contribution in [1.29, 1.82) is 0 Å². The highest BCUT2D eigenvalue weighted by molar-refractivity contribution is 9.10. The smallest absolute Gasteiger partial charge is 0.339 e. The van der Waals surface area contributed by atoms with Crippen LogP contribution in [0.5, 0.6) is 5.75 Å². The van der Waals surface area contributed by atoms with Crippen molar-refractivity contribution in [3.05, 3.63) is 27.2 Å². The summed E-state index contributed by atoms with van der Waals surface area (Å²) in [5, 5.41) is 9.53. The van der Waals surface area contributed by atoms with E-state index in [4.69, 9.17) is 21.1 Å². The molecule has 0 amide bonds. The van der Waals surface area contributed by atoms with E-state index >= 15 is 0 Å². The van der Waals surface area contributed by atoms with Crippen LogP contribution >= 0.6 is 27.5 Å². The molecular formula is C13H15BrClNO4. The van der Waals surface area contributed by atoms with Gasteiger partial charge in [0.25, 0.3) is 0 Å². The van der Waals surface area contributed by atoms with Crippen LogP contribution in [0.1, 0.15) is 10.4 Å². The number of halogens is 2. The van der Waals surface area contributed by atoms with E-state index < -0.39 is 5.97 Å². The van der Waals surface area contributed by atoms with Gasteiger partial charge in [0.05, 0.1) is 17.7 Å². The molecule has 1 saturated heterocycles. The van der Waals surface area contributed by atoms with Crippen molar-refractivity contribution in [2.24, 2.45) is 0 Å². The summed E-state index contributed by atoms with van der Waals surface area (Å²) in [7, 11) is 0. The van der Waals surface area contributed by atoms with E-state index in [-0.39, 0.29) is 5.56 Å². The minimum Gasteiger partial charge on any atom is -0.490 e. The second kappa shape index (κ2) is 7.26. The first-order chi connectivity index (χ1) is 9.58. The summed E-state index contributed by atoms with van der Waals surface area (Å²) in [6.45, 7) is 4.35. The topological polar surface area (TPSA) is 59.0 Å². The number of ether oxygens (including phenoxy) is 2. The van der Waals surface area contributed by atoms with Crippen molar-refractivity contribution in [1.82, 2.24) is 4.90 Å². The lowest BCUT2D eigenvalue weighted by Gasteiger charge is -2.26. The lowest BCUT2D eigenvalue weighted by Crippen LogP contribution is -2.38. The van der Waals surface area contributed by atoms with Crippen LogP contribution in [0.3, 0.4) is 0 Å². The average molecular weight is 365 g/mol. The number of hydrogen-bond donors (Lipinski definition) is 1. The zero-order chi connectivity index (χ0) is 14.5. The van der Waals surface area contributed by atoms with E-state index in [0.717, 1.165) is 32.8 Å². The molecule has 0 spiro atoms. The lowest BCUT2D eigenvalue weighted by molar-refractivity contribution is 0.0321. The van der Waals surface area contributed by atoms with Crippen LogP contribution in [0.2, 0.25) is 5.02 Å². The molecule has 7 heteroatoms. The van der Waals surface area contributed by atoms with Crippen LogP contribution in [0.15, 0.2) is 16.6 Å². The van der Waals surface area contributed by atoms with Crippen LogP contribution in [0.4, 0.5) is 0 Å². The van der Waals surface area contributed by atoms with Gasteiger partial charge in [-0.2, -0.15) is 0 Å².